The second-order valence-electron chi connectivity index (χ2n) is 3.45. The molecule has 0 fully saturated rings. The molecular weight excluding hydrogens is 397 g/mol. The number of hydrogen-bond acceptors (Lipinski definition) is 4. The van der Waals surface area contributed by atoms with E-state index in [1.165, 1.54) is 24.3 Å². The van der Waals surface area contributed by atoms with Crippen molar-refractivity contribution in [3.05, 3.63) is 38.1 Å². The van der Waals surface area contributed by atoms with Crippen molar-refractivity contribution in [3.63, 3.8) is 0 Å². The molecule has 0 radical (unpaired) electrons. The van der Waals surface area contributed by atoms with Crippen LogP contribution in [0.1, 0.15) is 0 Å². The van der Waals surface area contributed by atoms with Crippen LogP contribution in [-0.2, 0) is 10.0 Å². The van der Waals surface area contributed by atoms with Gasteiger partial charge in [0.25, 0.3) is 10.0 Å². The van der Waals surface area contributed by atoms with Gasteiger partial charge in [-0.05, 0) is 40.2 Å². The van der Waals surface area contributed by atoms with Gasteiger partial charge >= 0.3 is 0 Å². The summed E-state index contributed by atoms with van der Waals surface area (Å²) in [7, 11) is -3.82. The summed E-state index contributed by atoms with van der Waals surface area (Å²) in [5, 5.41) is 10.2. The second-order valence-corrected chi connectivity index (χ2v) is 8.58. The first-order chi connectivity index (χ1) is 8.79. The number of benzene rings is 1. The number of thiophene rings is 1. The first-order valence-corrected chi connectivity index (χ1v) is 8.60. The number of nitrogens with one attached hydrogen (secondary N) is 1. The Hall–Kier alpha value is -0.470. The van der Waals surface area contributed by atoms with Gasteiger partial charge in [-0.1, -0.05) is 23.2 Å². The number of halogens is 3. The molecule has 1 heterocycles. The summed E-state index contributed by atoms with van der Waals surface area (Å²) in [6.45, 7) is 0. The van der Waals surface area contributed by atoms with E-state index in [0.717, 1.165) is 11.3 Å². The number of phenolic OH excluding ortho intramolecular Hbond substituents is 1. The molecule has 0 atom stereocenters. The Balaban J connectivity index is 2.39. The molecule has 1 aromatic heterocycles. The summed E-state index contributed by atoms with van der Waals surface area (Å²) >= 11 is 15.7. The highest BCUT2D eigenvalue weighted by Crippen LogP contribution is 2.36. The van der Waals surface area contributed by atoms with Gasteiger partial charge in [-0.15, -0.1) is 11.3 Å². The largest absolute Gasteiger partial charge is 0.506 e. The normalized spacial score (nSPS) is 11.5. The maximum absolute atomic E-state index is 12.1. The van der Waals surface area contributed by atoms with Crippen LogP contribution in [0.2, 0.25) is 10.0 Å². The molecule has 4 nitrogen and oxygen atoms in total. The smallest absolute Gasteiger partial charge is 0.271 e. The summed E-state index contributed by atoms with van der Waals surface area (Å²) in [5.41, 5.74) is 0.00754. The Labute approximate surface area is 132 Å². The van der Waals surface area contributed by atoms with Gasteiger partial charge < -0.3 is 5.11 Å². The van der Waals surface area contributed by atoms with Gasteiger partial charge in [-0.2, -0.15) is 0 Å². The van der Waals surface area contributed by atoms with E-state index < -0.39 is 10.0 Å². The van der Waals surface area contributed by atoms with Gasteiger partial charge in [0.15, 0.2) is 0 Å². The van der Waals surface area contributed by atoms with Gasteiger partial charge in [0.05, 0.1) is 14.5 Å². The quantitative estimate of drug-likeness (QED) is 0.751. The lowest BCUT2D eigenvalue weighted by Crippen LogP contribution is -2.11. The zero-order valence-electron chi connectivity index (χ0n) is 9.02. The molecule has 0 aliphatic heterocycles. The molecule has 2 rings (SSSR count). The van der Waals surface area contributed by atoms with Crippen molar-refractivity contribution in [3.8, 4) is 5.75 Å². The van der Waals surface area contributed by atoms with Crippen molar-refractivity contribution in [2.45, 2.75) is 4.21 Å². The Bertz CT molecular complexity index is 711. The molecule has 19 heavy (non-hydrogen) atoms. The number of anilines is 1. The minimum absolute atomic E-state index is 0.00754. The molecule has 0 unspecified atom stereocenters. The molecule has 2 N–H and O–H groups in total. The lowest BCUT2D eigenvalue weighted by molar-refractivity contribution is 0.477. The maximum Gasteiger partial charge on any atom is 0.271 e. The Morgan fingerprint density at radius 3 is 2.53 bits per heavy atom. The lowest BCUT2D eigenvalue weighted by atomic mass is 10.3. The highest BCUT2D eigenvalue weighted by Gasteiger charge is 2.20. The minimum Gasteiger partial charge on any atom is -0.506 e. The van der Waals surface area contributed by atoms with Crippen molar-refractivity contribution >= 4 is 66.2 Å². The van der Waals surface area contributed by atoms with Crippen molar-refractivity contribution < 1.29 is 13.5 Å². The molecule has 0 aliphatic carbocycles. The molecule has 0 saturated carbocycles. The van der Waals surface area contributed by atoms with E-state index in [4.69, 9.17) is 23.2 Å². The highest BCUT2D eigenvalue weighted by atomic mass is 79.9. The molecule has 9 heteroatoms. The van der Waals surface area contributed by atoms with E-state index in [1.54, 1.807) is 0 Å². The van der Waals surface area contributed by atoms with E-state index >= 15 is 0 Å². The van der Waals surface area contributed by atoms with E-state index in [9.17, 15) is 13.5 Å². The molecule has 0 bridgehead atoms. The molecule has 2 aromatic rings. The monoisotopic (exact) mass is 401 g/mol. The molecule has 0 saturated heterocycles. The molecule has 0 aliphatic rings. The maximum atomic E-state index is 12.1. The molecule has 0 spiro atoms. The van der Waals surface area contributed by atoms with E-state index in [1.807, 2.05) is 0 Å². The number of aromatic hydroxyl groups is 1. The lowest BCUT2D eigenvalue weighted by Gasteiger charge is -2.08. The van der Waals surface area contributed by atoms with Crippen molar-refractivity contribution in [1.82, 2.24) is 0 Å². The zero-order valence-corrected chi connectivity index (χ0v) is 13.8. The fourth-order valence-corrected chi connectivity index (χ4v) is 4.88. The van der Waals surface area contributed by atoms with Crippen molar-refractivity contribution in [1.29, 1.82) is 0 Å². The van der Waals surface area contributed by atoms with Crippen LogP contribution in [0.25, 0.3) is 0 Å². The fraction of sp³-hybridized carbons (Fsp3) is 0. The van der Waals surface area contributed by atoms with Crippen LogP contribution in [0.5, 0.6) is 5.75 Å². The molecule has 0 amide bonds. The standard InChI is InChI=1S/C10H6BrCl2NO3S2/c11-10-6(13)4-9(18-10)19(16,17)14-7-3-5(12)1-2-8(7)15/h1-4,14-15H. The van der Waals surface area contributed by atoms with Gasteiger partial charge in [0.1, 0.15) is 9.96 Å². The summed E-state index contributed by atoms with van der Waals surface area (Å²) in [6.07, 6.45) is 0. The van der Waals surface area contributed by atoms with Crippen LogP contribution in [0, 0.1) is 0 Å². The first-order valence-electron chi connectivity index (χ1n) is 4.76. The topological polar surface area (TPSA) is 66.4 Å². The van der Waals surface area contributed by atoms with E-state index in [-0.39, 0.29) is 15.6 Å². The van der Waals surface area contributed by atoms with Crippen LogP contribution >= 0.6 is 50.5 Å². The van der Waals surface area contributed by atoms with E-state index in [0.29, 0.717) is 13.8 Å². The van der Waals surface area contributed by atoms with Crippen LogP contribution in [0.15, 0.2) is 32.3 Å². The van der Waals surface area contributed by atoms with Crippen LogP contribution < -0.4 is 4.72 Å². The predicted octanol–water partition coefficient (Wildman–Crippen LogP) is 4.32. The van der Waals surface area contributed by atoms with E-state index in [2.05, 4.69) is 20.7 Å². The molecular formula is C10H6BrCl2NO3S2. The fourth-order valence-electron chi connectivity index (χ4n) is 1.24. The third kappa shape index (κ3) is 3.35. The van der Waals surface area contributed by atoms with Crippen LogP contribution in [0.3, 0.4) is 0 Å². The van der Waals surface area contributed by atoms with Crippen molar-refractivity contribution in [2.75, 3.05) is 4.72 Å². The zero-order chi connectivity index (χ0) is 14.2. The van der Waals surface area contributed by atoms with Crippen molar-refractivity contribution in [2.24, 2.45) is 0 Å². The van der Waals surface area contributed by atoms with Crippen LogP contribution in [-0.4, -0.2) is 13.5 Å². The molecule has 1 aromatic carbocycles. The highest BCUT2D eigenvalue weighted by molar-refractivity contribution is 9.11. The van der Waals surface area contributed by atoms with Gasteiger partial charge in [0, 0.05) is 5.02 Å². The number of sulfonamides is 1. The predicted molar refractivity (Wildman–Crippen MR) is 81.0 cm³/mol. The SMILES string of the molecule is O=S(=O)(Nc1cc(Cl)ccc1O)c1cc(Cl)c(Br)s1. The Kier molecular flexibility index (Phi) is 4.32. The Morgan fingerprint density at radius 2 is 1.95 bits per heavy atom. The summed E-state index contributed by atoms with van der Waals surface area (Å²) in [6, 6.07) is 5.39. The summed E-state index contributed by atoms with van der Waals surface area (Å²) in [5.74, 6) is -0.213. The number of hydrogen-bond donors (Lipinski definition) is 2. The average Bonchev–Trinajstić information content (AvgIpc) is 2.65. The summed E-state index contributed by atoms with van der Waals surface area (Å²) in [4.78, 5) is 0. The minimum atomic E-state index is -3.82. The third-order valence-corrected chi connectivity index (χ3v) is 6.64. The molecule has 102 valence electrons. The number of phenols is 1. The van der Waals surface area contributed by atoms with Gasteiger partial charge in [-0.3, -0.25) is 4.72 Å². The average molecular weight is 403 g/mol. The Morgan fingerprint density at radius 1 is 1.26 bits per heavy atom. The van der Waals surface area contributed by atoms with Gasteiger partial charge in [-0.25, -0.2) is 8.42 Å². The van der Waals surface area contributed by atoms with Crippen LogP contribution in [0.4, 0.5) is 5.69 Å². The second kappa shape index (κ2) is 5.49. The number of rotatable bonds is 3. The third-order valence-electron chi connectivity index (χ3n) is 2.09. The van der Waals surface area contributed by atoms with Gasteiger partial charge in [0.2, 0.25) is 0 Å². The summed E-state index contributed by atoms with van der Waals surface area (Å²) < 4.78 is 27.0. The first kappa shape index (κ1) is 14.9.